The molecule has 1 spiro atoms. The molecule has 234 valence electrons. The van der Waals surface area contributed by atoms with E-state index < -0.39 is 74.3 Å². The van der Waals surface area contributed by atoms with Crippen LogP contribution in [0.25, 0.3) is 11.1 Å². The van der Waals surface area contributed by atoms with E-state index in [0.29, 0.717) is 24.3 Å². The maximum absolute atomic E-state index is 10.4. The lowest BCUT2D eigenvalue weighted by atomic mass is 9.72. The van der Waals surface area contributed by atoms with Crippen LogP contribution in [0, 0.1) is 23.7 Å². The van der Waals surface area contributed by atoms with Gasteiger partial charge in [-0.15, -0.1) is 0 Å². The van der Waals surface area contributed by atoms with Crippen molar-refractivity contribution in [3.05, 3.63) is 58.7 Å². The van der Waals surface area contributed by atoms with E-state index in [9.17, 15) is 40.9 Å². The minimum absolute atomic E-state index is 0.370. The summed E-state index contributed by atoms with van der Waals surface area (Å²) in [7, 11) is 0. The highest BCUT2D eigenvalue weighted by atomic mass is 16.5. The molecule has 2 aromatic carbocycles. The summed E-state index contributed by atoms with van der Waals surface area (Å²) >= 11 is 0. The van der Waals surface area contributed by atoms with Gasteiger partial charge in [-0.2, -0.15) is 0 Å². The van der Waals surface area contributed by atoms with Crippen LogP contribution >= 0.6 is 0 Å². The fourth-order valence-electron chi connectivity index (χ4n) is 6.66. The predicted molar refractivity (Wildman–Crippen MR) is 154 cm³/mol. The molecule has 0 aromatic heterocycles. The fraction of sp³-hybridized carbons (Fsp3) is 0.515. The van der Waals surface area contributed by atoms with Gasteiger partial charge in [0.15, 0.2) is 0 Å². The quantitative estimate of drug-likeness (QED) is 0.179. The molecular weight excluding hydrogens is 572 g/mol. The van der Waals surface area contributed by atoms with Crippen molar-refractivity contribution in [3.8, 4) is 34.8 Å². The lowest BCUT2D eigenvalue weighted by Crippen LogP contribution is -2.58. The van der Waals surface area contributed by atoms with Gasteiger partial charge in [0, 0.05) is 29.8 Å². The first kappa shape index (κ1) is 31.1. The average molecular weight is 609 g/mol. The molecule has 3 aliphatic heterocycles. The summed E-state index contributed by atoms with van der Waals surface area (Å²) in [5.74, 6) is 11.8. The highest BCUT2D eigenvalue weighted by molar-refractivity contribution is 5.82. The van der Waals surface area contributed by atoms with Gasteiger partial charge in [0.25, 0.3) is 0 Å². The number of hydrogen-bond donors (Lipinski definition) is 8. The molecule has 10 atom stereocenters. The van der Waals surface area contributed by atoms with Crippen LogP contribution < -0.4 is 0 Å². The van der Waals surface area contributed by atoms with Gasteiger partial charge in [-0.1, -0.05) is 35.8 Å². The van der Waals surface area contributed by atoms with E-state index in [1.807, 2.05) is 36.4 Å². The number of rotatable bonds is 2. The largest absolute Gasteiger partial charge is 0.394 e. The Morgan fingerprint density at radius 3 is 1.45 bits per heavy atom. The maximum Gasteiger partial charge on any atom is 0.147 e. The zero-order valence-electron chi connectivity index (χ0n) is 23.8. The van der Waals surface area contributed by atoms with Crippen LogP contribution in [-0.2, 0) is 19.6 Å². The number of benzene rings is 2. The summed E-state index contributed by atoms with van der Waals surface area (Å²) in [6.07, 6.45) is -11.6. The summed E-state index contributed by atoms with van der Waals surface area (Å²) in [5, 5.41) is 80.1. The molecule has 11 nitrogen and oxygen atoms in total. The van der Waals surface area contributed by atoms with Gasteiger partial charge in [-0.3, -0.25) is 0 Å². The van der Waals surface area contributed by atoms with Crippen molar-refractivity contribution >= 4 is 0 Å². The Balaban J connectivity index is 1.31. The van der Waals surface area contributed by atoms with Crippen LogP contribution in [0.4, 0.5) is 0 Å². The minimum atomic E-state index is -1.50. The molecule has 3 saturated heterocycles. The lowest BCUT2D eigenvalue weighted by Gasteiger charge is -2.37. The Kier molecular flexibility index (Phi) is 8.83. The Bertz CT molecular complexity index is 1390. The molecule has 0 saturated carbocycles. The third-order valence-corrected chi connectivity index (χ3v) is 9.21. The van der Waals surface area contributed by atoms with E-state index >= 15 is 0 Å². The van der Waals surface area contributed by atoms with E-state index in [1.165, 1.54) is 0 Å². The molecule has 0 bridgehead atoms. The number of aliphatic hydroxyl groups is 8. The van der Waals surface area contributed by atoms with Gasteiger partial charge in [-0.05, 0) is 59.4 Å². The molecule has 6 rings (SSSR count). The molecular formula is C33H36O11. The van der Waals surface area contributed by atoms with E-state index in [4.69, 9.17) is 14.2 Å². The van der Waals surface area contributed by atoms with Crippen LogP contribution in [0.2, 0.25) is 0 Å². The SMILES string of the molecule is OC[C@@H]1O[C@H](C#Cc2ccc3c(c2)C2(CCOCC2)c2cc(C#C[C@H]4O[C@H](CO)[C@@H](O)[C@H](O)[C@@H]4O)ccc2-3)[C@@H](O)[C@@H](O)[C@@H]1O. The standard InChI is InChI=1S/C33H36O11/c34-15-25-29(38)31(40)27(36)23(43-25)7-3-17-1-5-19-20-6-2-18(4-8-24-28(37)32(41)30(39)26(16-35)44-24)14-22(20)33(21(19)13-17)9-11-42-12-10-33/h1-2,5-6,13-14,23-32,34-41H,9-12,15-16H2/t23-,24-,25-,26+,27-,28-,29-,30-,31-,32-/m1/s1. The predicted octanol–water partition coefficient (Wildman–Crippen LogP) is -1.85. The number of hydrogen-bond acceptors (Lipinski definition) is 11. The van der Waals surface area contributed by atoms with E-state index in [1.54, 1.807) is 0 Å². The van der Waals surface area contributed by atoms with Crippen molar-refractivity contribution in [1.82, 2.24) is 0 Å². The minimum Gasteiger partial charge on any atom is -0.394 e. The molecule has 0 amide bonds. The zero-order valence-corrected chi connectivity index (χ0v) is 23.8. The fourth-order valence-corrected chi connectivity index (χ4v) is 6.66. The monoisotopic (exact) mass is 608 g/mol. The zero-order chi connectivity index (χ0) is 31.2. The molecule has 0 radical (unpaired) electrons. The van der Waals surface area contributed by atoms with E-state index in [0.717, 1.165) is 35.1 Å². The van der Waals surface area contributed by atoms with Crippen molar-refractivity contribution < 1.29 is 55.1 Å². The van der Waals surface area contributed by atoms with Gasteiger partial charge >= 0.3 is 0 Å². The van der Waals surface area contributed by atoms with Crippen LogP contribution in [0.5, 0.6) is 0 Å². The van der Waals surface area contributed by atoms with Gasteiger partial charge < -0.3 is 55.1 Å². The Morgan fingerprint density at radius 1 is 0.614 bits per heavy atom. The molecule has 4 aliphatic rings. The molecule has 44 heavy (non-hydrogen) atoms. The van der Waals surface area contributed by atoms with Crippen molar-refractivity contribution in [1.29, 1.82) is 0 Å². The van der Waals surface area contributed by atoms with E-state index in [2.05, 4.69) is 23.7 Å². The molecule has 3 heterocycles. The Morgan fingerprint density at radius 2 is 1.05 bits per heavy atom. The second-order valence-electron chi connectivity index (χ2n) is 11.8. The number of ether oxygens (including phenoxy) is 3. The molecule has 11 heteroatoms. The molecule has 1 aliphatic carbocycles. The molecule has 2 aromatic rings. The topological polar surface area (TPSA) is 190 Å². The first-order valence-electron chi connectivity index (χ1n) is 14.7. The first-order chi connectivity index (χ1) is 21.2. The molecule has 8 N–H and O–H groups in total. The second-order valence-corrected chi connectivity index (χ2v) is 11.8. The second kappa shape index (κ2) is 12.5. The normalized spacial score (nSPS) is 35.5. The van der Waals surface area contributed by atoms with Gasteiger partial charge in [0.2, 0.25) is 0 Å². The highest BCUT2D eigenvalue weighted by Crippen LogP contribution is 2.54. The average Bonchev–Trinajstić information content (AvgIpc) is 3.29. The van der Waals surface area contributed by atoms with Crippen LogP contribution in [0.1, 0.15) is 35.1 Å². The first-order valence-corrected chi connectivity index (χ1v) is 14.7. The van der Waals surface area contributed by atoms with Crippen LogP contribution in [0.15, 0.2) is 36.4 Å². The van der Waals surface area contributed by atoms with E-state index in [-0.39, 0.29) is 5.41 Å². The third kappa shape index (κ3) is 5.35. The van der Waals surface area contributed by atoms with Crippen molar-refractivity contribution in [3.63, 3.8) is 0 Å². The third-order valence-electron chi connectivity index (χ3n) is 9.21. The van der Waals surface area contributed by atoms with Crippen LogP contribution in [0.3, 0.4) is 0 Å². The van der Waals surface area contributed by atoms with Gasteiger partial charge in [0.05, 0.1) is 13.2 Å². The van der Waals surface area contributed by atoms with Crippen molar-refractivity contribution in [2.24, 2.45) is 0 Å². The molecule has 0 unspecified atom stereocenters. The lowest BCUT2D eigenvalue weighted by molar-refractivity contribution is -0.214. The van der Waals surface area contributed by atoms with Crippen molar-refractivity contribution in [2.75, 3.05) is 26.4 Å². The summed E-state index contributed by atoms with van der Waals surface area (Å²) in [5.41, 5.74) is 5.22. The Labute approximate surface area is 254 Å². The summed E-state index contributed by atoms with van der Waals surface area (Å²) in [6, 6.07) is 11.7. The van der Waals surface area contributed by atoms with Crippen LogP contribution in [-0.4, -0.2) is 128 Å². The summed E-state index contributed by atoms with van der Waals surface area (Å²) < 4.78 is 16.8. The summed E-state index contributed by atoms with van der Waals surface area (Å²) in [6.45, 7) is 0.0558. The summed E-state index contributed by atoms with van der Waals surface area (Å²) in [4.78, 5) is 0. The van der Waals surface area contributed by atoms with Crippen molar-refractivity contribution in [2.45, 2.75) is 79.3 Å². The highest BCUT2D eigenvalue weighted by Gasteiger charge is 2.46. The number of aliphatic hydroxyl groups excluding tert-OH is 8. The smallest absolute Gasteiger partial charge is 0.147 e. The molecule has 3 fully saturated rings. The van der Waals surface area contributed by atoms with Gasteiger partial charge in [0.1, 0.15) is 61.0 Å². The number of fused-ring (bicyclic) bond motifs is 5. The Hall–Kier alpha value is -2.88. The van der Waals surface area contributed by atoms with Gasteiger partial charge in [-0.25, -0.2) is 0 Å². The maximum atomic E-state index is 10.4.